The summed E-state index contributed by atoms with van der Waals surface area (Å²) in [5.41, 5.74) is 1.71. The molecule has 1 aliphatic rings. The van der Waals surface area contributed by atoms with E-state index in [1.54, 1.807) is 37.4 Å². The van der Waals surface area contributed by atoms with Gasteiger partial charge in [-0.15, -0.1) is 0 Å². The fourth-order valence-corrected chi connectivity index (χ4v) is 2.81. The zero-order valence-electron chi connectivity index (χ0n) is 15.4. The zero-order valence-corrected chi connectivity index (χ0v) is 15.4. The van der Waals surface area contributed by atoms with E-state index in [1.165, 1.54) is 0 Å². The number of hydrogen-bond donors (Lipinski definition) is 1. The quantitative estimate of drug-likeness (QED) is 0.661. The number of rotatable bonds is 6. The van der Waals surface area contributed by atoms with Gasteiger partial charge < -0.3 is 14.5 Å². The number of nitrogens with one attached hydrogen (secondary N) is 1. The molecule has 0 aliphatic heterocycles. The lowest BCUT2D eigenvalue weighted by molar-refractivity contribution is -0.129. The molecule has 1 N–H and O–H groups in total. The molecule has 0 unspecified atom stereocenters. The van der Waals surface area contributed by atoms with Crippen molar-refractivity contribution in [1.82, 2.24) is 10.3 Å². The average Bonchev–Trinajstić information content (AvgIpc) is 3.40. The maximum absolute atomic E-state index is 12.7. The molecule has 1 aromatic heterocycles. The maximum Gasteiger partial charge on any atom is 0.339 e. The predicted octanol–water partition coefficient (Wildman–Crippen LogP) is 3.83. The molecule has 6 nitrogen and oxygen atoms in total. The number of oxazole rings is 1. The average molecular weight is 376 g/mol. The minimum atomic E-state index is -0.870. The molecule has 1 saturated carbocycles. The second kappa shape index (κ2) is 7.68. The zero-order chi connectivity index (χ0) is 19.5. The first kappa shape index (κ1) is 18.0. The molecule has 1 aliphatic carbocycles. The highest BCUT2D eigenvalue weighted by Crippen LogP contribution is 2.28. The molecule has 0 bridgehead atoms. The van der Waals surface area contributed by atoms with Crippen LogP contribution in [-0.2, 0) is 9.53 Å². The van der Waals surface area contributed by atoms with Crippen molar-refractivity contribution >= 4 is 11.9 Å². The van der Waals surface area contributed by atoms with E-state index in [2.05, 4.69) is 10.3 Å². The predicted molar refractivity (Wildman–Crippen MR) is 103 cm³/mol. The third-order valence-electron chi connectivity index (χ3n) is 4.52. The number of amides is 1. The molecular formula is C22H20N2O4. The first-order valence-electron chi connectivity index (χ1n) is 9.24. The SMILES string of the molecule is C[C@H](OC(=O)c1ccccc1-c1ncc(-c2ccccc2)o1)C(=O)NC1CC1. The van der Waals surface area contributed by atoms with Gasteiger partial charge in [0.05, 0.1) is 17.3 Å². The van der Waals surface area contributed by atoms with Crippen LogP contribution in [0.3, 0.4) is 0 Å². The van der Waals surface area contributed by atoms with Gasteiger partial charge in [-0.05, 0) is 31.9 Å². The van der Waals surface area contributed by atoms with Crippen LogP contribution in [0.4, 0.5) is 0 Å². The van der Waals surface area contributed by atoms with Crippen LogP contribution in [0.25, 0.3) is 22.8 Å². The number of nitrogens with zero attached hydrogens (tertiary/aromatic N) is 1. The summed E-state index contributed by atoms with van der Waals surface area (Å²) in [6, 6.07) is 16.7. The van der Waals surface area contributed by atoms with Crippen molar-refractivity contribution in [3.8, 4) is 22.8 Å². The van der Waals surface area contributed by atoms with Crippen LogP contribution < -0.4 is 5.32 Å². The van der Waals surface area contributed by atoms with E-state index in [1.807, 2.05) is 30.3 Å². The molecule has 2 aromatic carbocycles. The smallest absolute Gasteiger partial charge is 0.339 e. The molecule has 6 heteroatoms. The van der Waals surface area contributed by atoms with Gasteiger partial charge in [0.15, 0.2) is 11.9 Å². The van der Waals surface area contributed by atoms with Crippen molar-refractivity contribution in [3.05, 3.63) is 66.4 Å². The lowest BCUT2D eigenvalue weighted by Gasteiger charge is -2.14. The Hall–Kier alpha value is -3.41. The molecular weight excluding hydrogens is 356 g/mol. The van der Waals surface area contributed by atoms with Gasteiger partial charge in [-0.1, -0.05) is 42.5 Å². The van der Waals surface area contributed by atoms with Crippen LogP contribution in [0, 0.1) is 0 Å². The van der Waals surface area contributed by atoms with Gasteiger partial charge in [0.25, 0.3) is 5.91 Å². The Morgan fingerprint density at radius 3 is 2.57 bits per heavy atom. The Morgan fingerprint density at radius 1 is 1.11 bits per heavy atom. The van der Waals surface area contributed by atoms with E-state index in [4.69, 9.17) is 9.15 Å². The standard InChI is InChI=1S/C22H20N2O4/c1-14(20(25)24-16-11-12-16)27-22(26)18-10-6-5-9-17(18)21-23-13-19(28-21)15-7-3-2-4-8-15/h2-10,13-14,16H,11-12H2,1H3,(H,24,25)/t14-/m0/s1. The molecule has 1 fully saturated rings. The summed E-state index contributed by atoms with van der Waals surface area (Å²) in [4.78, 5) is 29.0. The van der Waals surface area contributed by atoms with E-state index >= 15 is 0 Å². The molecule has 1 amide bonds. The fraction of sp³-hybridized carbons (Fsp3) is 0.227. The number of aromatic nitrogens is 1. The van der Waals surface area contributed by atoms with Crippen molar-refractivity contribution in [2.75, 3.05) is 0 Å². The summed E-state index contributed by atoms with van der Waals surface area (Å²) in [6.45, 7) is 1.57. The number of benzene rings is 2. The Labute approximate surface area is 162 Å². The largest absolute Gasteiger partial charge is 0.449 e. The van der Waals surface area contributed by atoms with Gasteiger partial charge in [-0.2, -0.15) is 0 Å². The number of carbonyl (C=O) groups excluding carboxylic acids is 2. The molecule has 1 atom stereocenters. The highest BCUT2D eigenvalue weighted by molar-refractivity contribution is 5.97. The first-order chi connectivity index (χ1) is 13.6. The van der Waals surface area contributed by atoms with Crippen molar-refractivity contribution in [3.63, 3.8) is 0 Å². The number of carbonyl (C=O) groups is 2. The van der Waals surface area contributed by atoms with Crippen molar-refractivity contribution < 1.29 is 18.7 Å². The molecule has 0 radical (unpaired) electrons. The number of esters is 1. The van der Waals surface area contributed by atoms with E-state index in [0.717, 1.165) is 18.4 Å². The van der Waals surface area contributed by atoms with E-state index < -0.39 is 12.1 Å². The molecule has 28 heavy (non-hydrogen) atoms. The first-order valence-corrected chi connectivity index (χ1v) is 9.24. The summed E-state index contributed by atoms with van der Waals surface area (Å²) in [7, 11) is 0. The minimum absolute atomic E-state index is 0.213. The Balaban J connectivity index is 1.54. The molecule has 0 saturated heterocycles. The summed E-state index contributed by atoms with van der Waals surface area (Å²) in [5, 5.41) is 2.83. The Bertz CT molecular complexity index is 993. The minimum Gasteiger partial charge on any atom is -0.449 e. The van der Waals surface area contributed by atoms with Crippen LogP contribution in [0.5, 0.6) is 0 Å². The van der Waals surface area contributed by atoms with Gasteiger partial charge in [-0.3, -0.25) is 4.79 Å². The Kier molecular flexibility index (Phi) is 4.93. The van der Waals surface area contributed by atoms with Gasteiger partial charge >= 0.3 is 5.97 Å². The molecule has 142 valence electrons. The number of hydrogen-bond acceptors (Lipinski definition) is 5. The van der Waals surface area contributed by atoms with Crippen molar-refractivity contribution in [2.45, 2.75) is 31.9 Å². The summed E-state index contributed by atoms with van der Waals surface area (Å²) in [6.07, 6.45) is 2.70. The maximum atomic E-state index is 12.7. The second-order valence-electron chi connectivity index (χ2n) is 6.77. The summed E-state index contributed by atoms with van der Waals surface area (Å²) >= 11 is 0. The molecule has 1 heterocycles. The summed E-state index contributed by atoms with van der Waals surface area (Å²) < 4.78 is 11.2. The van der Waals surface area contributed by atoms with Crippen LogP contribution >= 0.6 is 0 Å². The van der Waals surface area contributed by atoms with E-state index in [0.29, 0.717) is 22.8 Å². The monoisotopic (exact) mass is 376 g/mol. The second-order valence-corrected chi connectivity index (χ2v) is 6.77. The van der Waals surface area contributed by atoms with Gasteiger partial charge in [0, 0.05) is 11.6 Å². The van der Waals surface area contributed by atoms with Gasteiger partial charge in [0.2, 0.25) is 5.89 Å². The van der Waals surface area contributed by atoms with Gasteiger partial charge in [-0.25, -0.2) is 9.78 Å². The van der Waals surface area contributed by atoms with E-state index in [-0.39, 0.29) is 11.9 Å². The Morgan fingerprint density at radius 2 is 1.82 bits per heavy atom. The summed E-state index contributed by atoms with van der Waals surface area (Å²) in [5.74, 6) is 0.0572. The highest BCUT2D eigenvalue weighted by Gasteiger charge is 2.28. The van der Waals surface area contributed by atoms with Crippen molar-refractivity contribution in [2.24, 2.45) is 0 Å². The normalized spacial score (nSPS) is 14.3. The highest BCUT2D eigenvalue weighted by atomic mass is 16.5. The topological polar surface area (TPSA) is 81.4 Å². The molecule has 4 rings (SSSR count). The van der Waals surface area contributed by atoms with Gasteiger partial charge in [0.1, 0.15) is 0 Å². The number of ether oxygens (including phenoxy) is 1. The van der Waals surface area contributed by atoms with Crippen molar-refractivity contribution in [1.29, 1.82) is 0 Å². The fourth-order valence-electron chi connectivity index (χ4n) is 2.81. The molecule has 3 aromatic rings. The third kappa shape index (κ3) is 3.96. The van der Waals surface area contributed by atoms with Crippen LogP contribution in [-0.4, -0.2) is 29.0 Å². The lowest BCUT2D eigenvalue weighted by Crippen LogP contribution is -2.37. The van der Waals surface area contributed by atoms with Crippen LogP contribution in [0.1, 0.15) is 30.1 Å². The van der Waals surface area contributed by atoms with Crippen LogP contribution in [0.15, 0.2) is 65.2 Å². The lowest BCUT2D eigenvalue weighted by atomic mass is 10.1. The third-order valence-corrected chi connectivity index (χ3v) is 4.52. The molecule has 0 spiro atoms. The van der Waals surface area contributed by atoms with Crippen LogP contribution in [0.2, 0.25) is 0 Å². The van der Waals surface area contributed by atoms with E-state index in [9.17, 15) is 9.59 Å².